The van der Waals surface area contributed by atoms with Gasteiger partial charge < -0.3 is 15.8 Å². The molecule has 0 bridgehead atoms. The Balaban J connectivity index is 2.41. The van der Waals surface area contributed by atoms with Crippen LogP contribution >= 0.6 is 11.8 Å². The number of aromatic nitrogens is 2. The quantitative estimate of drug-likeness (QED) is 0.737. The van der Waals surface area contributed by atoms with Crippen LogP contribution in [0.2, 0.25) is 0 Å². The highest BCUT2D eigenvalue weighted by Crippen LogP contribution is 2.10. The number of nitrogens with zero attached hydrogens (tertiary/aromatic N) is 2. The van der Waals surface area contributed by atoms with E-state index < -0.39 is 6.04 Å². The first kappa shape index (κ1) is 14.8. The summed E-state index contributed by atoms with van der Waals surface area (Å²) in [5, 5.41) is 6.97. The molecule has 0 radical (unpaired) electrons. The van der Waals surface area contributed by atoms with Crippen molar-refractivity contribution in [3.8, 4) is 5.88 Å². The summed E-state index contributed by atoms with van der Waals surface area (Å²) in [6.45, 7) is 0.364. The Hall–Kier alpha value is -1.21. The second-order valence-corrected chi connectivity index (χ2v) is 4.89. The van der Waals surface area contributed by atoms with Gasteiger partial charge in [0.15, 0.2) is 0 Å². The number of amides is 1. The fourth-order valence-corrected chi connectivity index (χ4v) is 1.96. The molecule has 0 fully saturated rings. The van der Waals surface area contributed by atoms with Crippen molar-refractivity contribution in [1.29, 1.82) is 0 Å². The Labute approximate surface area is 111 Å². The molecule has 102 valence electrons. The van der Waals surface area contributed by atoms with Gasteiger partial charge in [-0.3, -0.25) is 4.79 Å². The van der Waals surface area contributed by atoms with Crippen molar-refractivity contribution in [3.05, 3.63) is 11.8 Å². The summed E-state index contributed by atoms with van der Waals surface area (Å²) in [5.74, 6) is 1.39. The van der Waals surface area contributed by atoms with Crippen LogP contribution in [-0.4, -0.2) is 40.8 Å². The molecule has 3 N–H and O–H groups in total. The van der Waals surface area contributed by atoms with Gasteiger partial charge in [-0.1, -0.05) is 0 Å². The van der Waals surface area contributed by atoms with Crippen LogP contribution in [0.3, 0.4) is 0 Å². The van der Waals surface area contributed by atoms with Gasteiger partial charge in [-0.15, -0.1) is 0 Å². The monoisotopic (exact) mass is 272 g/mol. The van der Waals surface area contributed by atoms with Crippen molar-refractivity contribution in [3.63, 3.8) is 0 Å². The van der Waals surface area contributed by atoms with E-state index in [1.807, 2.05) is 6.26 Å². The first-order valence-electron chi connectivity index (χ1n) is 5.67. The number of rotatable bonds is 7. The van der Waals surface area contributed by atoms with Crippen molar-refractivity contribution in [2.45, 2.75) is 19.0 Å². The molecule has 0 spiro atoms. The van der Waals surface area contributed by atoms with Crippen LogP contribution in [0.1, 0.15) is 12.1 Å². The average Bonchev–Trinajstić information content (AvgIpc) is 2.73. The van der Waals surface area contributed by atoms with Crippen LogP contribution in [0.25, 0.3) is 0 Å². The lowest BCUT2D eigenvalue weighted by molar-refractivity contribution is -0.122. The van der Waals surface area contributed by atoms with Gasteiger partial charge in [-0.25, -0.2) is 4.68 Å². The predicted octanol–water partition coefficient (Wildman–Crippen LogP) is 0.125. The molecule has 0 aliphatic rings. The van der Waals surface area contributed by atoms with Gasteiger partial charge in [0.2, 0.25) is 11.8 Å². The largest absolute Gasteiger partial charge is 0.481 e. The van der Waals surface area contributed by atoms with E-state index >= 15 is 0 Å². The molecule has 1 rings (SSSR count). The number of methoxy groups -OCH3 is 1. The Kier molecular flexibility index (Phi) is 6.00. The molecule has 0 aliphatic heterocycles. The third-order valence-corrected chi connectivity index (χ3v) is 3.15. The van der Waals surface area contributed by atoms with E-state index in [9.17, 15) is 4.79 Å². The summed E-state index contributed by atoms with van der Waals surface area (Å²) in [6.07, 6.45) is 2.67. The number of thioether (sulfide) groups is 1. The molecule has 1 amide bonds. The Morgan fingerprint density at radius 1 is 1.72 bits per heavy atom. The molecular weight excluding hydrogens is 252 g/mol. The fraction of sp³-hybridized carbons (Fsp3) is 0.636. The molecule has 1 heterocycles. The lowest BCUT2D eigenvalue weighted by Gasteiger charge is -2.10. The molecule has 1 aromatic heterocycles. The maximum absolute atomic E-state index is 11.7. The molecule has 7 heteroatoms. The summed E-state index contributed by atoms with van der Waals surface area (Å²) in [4.78, 5) is 11.7. The fourth-order valence-electron chi connectivity index (χ4n) is 1.47. The normalized spacial score (nSPS) is 12.2. The first-order valence-corrected chi connectivity index (χ1v) is 7.07. The van der Waals surface area contributed by atoms with Gasteiger partial charge in [0.05, 0.1) is 25.4 Å². The number of hydrogen-bond acceptors (Lipinski definition) is 5. The topological polar surface area (TPSA) is 82.2 Å². The zero-order valence-electron chi connectivity index (χ0n) is 11.0. The van der Waals surface area contributed by atoms with Crippen LogP contribution in [0, 0.1) is 0 Å². The van der Waals surface area contributed by atoms with Crippen molar-refractivity contribution in [2.75, 3.05) is 19.1 Å². The second kappa shape index (κ2) is 7.27. The summed E-state index contributed by atoms with van der Waals surface area (Å²) >= 11 is 1.68. The molecule has 0 saturated heterocycles. The van der Waals surface area contributed by atoms with Crippen LogP contribution < -0.4 is 15.8 Å². The maximum atomic E-state index is 11.7. The number of hydrogen-bond donors (Lipinski definition) is 2. The highest BCUT2D eigenvalue weighted by Gasteiger charge is 2.13. The maximum Gasteiger partial charge on any atom is 0.237 e. The zero-order valence-corrected chi connectivity index (χ0v) is 11.8. The number of ether oxygens (including phenoxy) is 1. The van der Waals surface area contributed by atoms with Gasteiger partial charge >= 0.3 is 0 Å². The Morgan fingerprint density at radius 3 is 3.00 bits per heavy atom. The van der Waals surface area contributed by atoms with E-state index in [0.717, 1.165) is 11.4 Å². The number of aryl methyl sites for hydroxylation is 1. The molecular formula is C11H20N4O2S. The van der Waals surface area contributed by atoms with Crippen LogP contribution in [-0.2, 0) is 18.4 Å². The van der Waals surface area contributed by atoms with E-state index in [1.165, 1.54) is 0 Å². The van der Waals surface area contributed by atoms with Crippen molar-refractivity contribution < 1.29 is 9.53 Å². The molecule has 0 aliphatic carbocycles. The standard InChI is InChI=1S/C11H20N4O2S/c1-15-10(17-2)6-8(14-15)7-13-11(16)9(12)4-5-18-3/h6,9H,4-5,7,12H2,1-3H3,(H,13,16)/t9-/m1/s1. The van der Waals surface area contributed by atoms with Crippen LogP contribution in [0.4, 0.5) is 0 Å². The smallest absolute Gasteiger partial charge is 0.237 e. The van der Waals surface area contributed by atoms with Crippen molar-refractivity contribution in [2.24, 2.45) is 12.8 Å². The number of nitrogens with one attached hydrogen (secondary N) is 1. The van der Waals surface area contributed by atoms with E-state index in [1.54, 1.807) is 36.7 Å². The zero-order chi connectivity index (χ0) is 13.5. The minimum Gasteiger partial charge on any atom is -0.481 e. The third-order valence-electron chi connectivity index (χ3n) is 2.51. The van der Waals surface area contributed by atoms with E-state index in [4.69, 9.17) is 10.5 Å². The third kappa shape index (κ3) is 4.23. The summed E-state index contributed by atoms with van der Waals surface area (Å²) in [7, 11) is 3.37. The van der Waals surface area contributed by atoms with Crippen molar-refractivity contribution >= 4 is 17.7 Å². The van der Waals surface area contributed by atoms with E-state index in [-0.39, 0.29) is 5.91 Å². The molecule has 0 aromatic carbocycles. The van der Waals surface area contributed by atoms with Crippen molar-refractivity contribution in [1.82, 2.24) is 15.1 Å². The first-order chi connectivity index (χ1) is 8.58. The SMILES string of the molecule is COc1cc(CNC(=O)[C@H](N)CCSC)nn1C. The minimum absolute atomic E-state index is 0.145. The summed E-state index contributed by atoms with van der Waals surface area (Å²) < 4.78 is 6.71. The Morgan fingerprint density at radius 2 is 2.44 bits per heavy atom. The molecule has 6 nitrogen and oxygen atoms in total. The minimum atomic E-state index is -0.456. The van der Waals surface area contributed by atoms with Crippen LogP contribution in [0.15, 0.2) is 6.07 Å². The van der Waals surface area contributed by atoms with E-state index in [2.05, 4.69) is 10.4 Å². The average molecular weight is 272 g/mol. The summed E-state index contributed by atoms with van der Waals surface area (Å²) in [6, 6.07) is 1.33. The summed E-state index contributed by atoms with van der Waals surface area (Å²) in [5.41, 5.74) is 6.50. The molecule has 0 saturated carbocycles. The molecule has 1 aromatic rings. The number of carbonyl (C=O) groups excluding carboxylic acids is 1. The van der Waals surface area contributed by atoms with Gasteiger partial charge in [-0.05, 0) is 18.4 Å². The Bertz CT molecular complexity index is 394. The lowest BCUT2D eigenvalue weighted by Crippen LogP contribution is -2.40. The van der Waals surface area contributed by atoms with Gasteiger partial charge in [0.1, 0.15) is 0 Å². The lowest BCUT2D eigenvalue weighted by atomic mass is 10.2. The van der Waals surface area contributed by atoms with Gasteiger partial charge in [-0.2, -0.15) is 16.9 Å². The van der Waals surface area contributed by atoms with E-state index in [0.29, 0.717) is 18.8 Å². The second-order valence-electron chi connectivity index (χ2n) is 3.91. The molecule has 18 heavy (non-hydrogen) atoms. The van der Waals surface area contributed by atoms with Crippen LogP contribution in [0.5, 0.6) is 5.88 Å². The van der Waals surface area contributed by atoms with Gasteiger partial charge in [0.25, 0.3) is 0 Å². The highest BCUT2D eigenvalue weighted by molar-refractivity contribution is 7.98. The number of nitrogens with two attached hydrogens (primary N) is 1. The molecule has 0 unspecified atom stereocenters. The molecule has 1 atom stereocenters. The van der Waals surface area contributed by atoms with Gasteiger partial charge in [0, 0.05) is 13.1 Å². The highest BCUT2D eigenvalue weighted by atomic mass is 32.2. The predicted molar refractivity (Wildman–Crippen MR) is 72.6 cm³/mol. The number of carbonyl (C=O) groups is 1.